The number of halogens is 1. The lowest BCUT2D eigenvalue weighted by Crippen LogP contribution is -2.01. The Hall–Kier alpha value is -0.320. The largest absolute Gasteiger partial charge is 0.240 e. The van der Waals surface area contributed by atoms with Gasteiger partial charge in [0.15, 0.2) is 0 Å². The molecule has 1 aromatic heterocycles. The summed E-state index contributed by atoms with van der Waals surface area (Å²) < 4.78 is 1.12. The Morgan fingerprint density at radius 3 is 2.68 bits per heavy atom. The maximum Gasteiger partial charge on any atom is 0.107 e. The molecule has 19 heavy (non-hydrogen) atoms. The summed E-state index contributed by atoms with van der Waals surface area (Å²) in [6, 6.07) is 8.46. The van der Waals surface area contributed by atoms with Gasteiger partial charge in [-0.3, -0.25) is 0 Å². The molecule has 1 saturated heterocycles. The number of hydrogen-bond donors (Lipinski definition) is 0. The zero-order chi connectivity index (χ0) is 13.2. The van der Waals surface area contributed by atoms with E-state index in [0.29, 0.717) is 5.25 Å². The van der Waals surface area contributed by atoms with E-state index in [-0.39, 0.29) is 0 Å². The Bertz CT molecular complexity index is 556. The molecule has 1 atom stereocenters. The molecular formula is C15H16BrNS2. The minimum atomic E-state index is 0.627. The van der Waals surface area contributed by atoms with Gasteiger partial charge in [0, 0.05) is 14.9 Å². The molecule has 2 aromatic rings. The molecule has 1 aliphatic rings. The van der Waals surface area contributed by atoms with E-state index in [4.69, 9.17) is 4.98 Å². The summed E-state index contributed by atoms with van der Waals surface area (Å²) in [6.07, 6.45) is 4.01. The fourth-order valence-corrected chi connectivity index (χ4v) is 5.12. The SMILES string of the molecule is Cc1sc(C2CCCCS2)nc1-c1ccc(Br)cc1. The van der Waals surface area contributed by atoms with Gasteiger partial charge in [0.05, 0.1) is 10.9 Å². The van der Waals surface area contributed by atoms with Crippen LogP contribution in [0.3, 0.4) is 0 Å². The molecule has 1 nitrogen and oxygen atoms in total. The third kappa shape index (κ3) is 3.06. The van der Waals surface area contributed by atoms with Crippen molar-refractivity contribution in [3.63, 3.8) is 0 Å². The molecule has 1 aliphatic heterocycles. The normalized spacial score (nSPS) is 19.6. The van der Waals surface area contributed by atoms with Gasteiger partial charge in [0.2, 0.25) is 0 Å². The summed E-state index contributed by atoms with van der Waals surface area (Å²) in [5.74, 6) is 1.29. The number of hydrogen-bond acceptors (Lipinski definition) is 3. The number of aryl methyl sites for hydroxylation is 1. The van der Waals surface area contributed by atoms with Crippen molar-refractivity contribution < 1.29 is 0 Å². The van der Waals surface area contributed by atoms with Crippen molar-refractivity contribution >= 4 is 39.0 Å². The molecule has 100 valence electrons. The summed E-state index contributed by atoms with van der Waals surface area (Å²) in [7, 11) is 0. The summed E-state index contributed by atoms with van der Waals surface area (Å²) in [6.45, 7) is 2.19. The predicted molar refractivity (Wildman–Crippen MR) is 89.0 cm³/mol. The molecule has 0 aliphatic carbocycles. The highest BCUT2D eigenvalue weighted by atomic mass is 79.9. The van der Waals surface area contributed by atoms with Gasteiger partial charge in [0.25, 0.3) is 0 Å². The highest BCUT2D eigenvalue weighted by Crippen LogP contribution is 2.42. The Morgan fingerprint density at radius 1 is 1.21 bits per heavy atom. The fourth-order valence-electron chi connectivity index (χ4n) is 2.37. The van der Waals surface area contributed by atoms with Gasteiger partial charge in [0.1, 0.15) is 5.01 Å². The molecule has 0 radical (unpaired) electrons. The molecule has 0 amide bonds. The highest BCUT2D eigenvalue weighted by molar-refractivity contribution is 9.10. The topological polar surface area (TPSA) is 12.9 Å². The van der Waals surface area contributed by atoms with Gasteiger partial charge in [-0.1, -0.05) is 34.5 Å². The first kappa shape index (κ1) is 13.7. The minimum Gasteiger partial charge on any atom is -0.240 e. The van der Waals surface area contributed by atoms with Gasteiger partial charge in [-0.25, -0.2) is 4.98 Å². The van der Waals surface area contributed by atoms with Gasteiger partial charge < -0.3 is 0 Å². The Morgan fingerprint density at radius 2 is 2.00 bits per heavy atom. The van der Waals surface area contributed by atoms with E-state index in [2.05, 4.69) is 58.9 Å². The van der Waals surface area contributed by atoms with Crippen LogP contribution in [0.15, 0.2) is 28.7 Å². The molecule has 0 spiro atoms. The van der Waals surface area contributed by atoms with Crippen molar-refractivity contribution in [1.82, 2.24) is 4.98 Å². The average Bonchev–Trinajstić information content (AvgIpc) is 2.83. The molecule has 3 rings (SSSR count). The van der Waals surface area contributed by atoms with Crippen LogP contribution in [0, 0.1) is 6.92 Å². The molecule has 1 unspecified atom stereocenters. The van der Waals surface area contributed by atoms with Gasteiger partial charge in [-0.05, 0) is 37.7 Å². The van der Waals surface area contributed by atoms with Crippen LogP contribution in [-0.2, 0) is 0 Å². The van der Waals surface area contributed by atoms with Crippen molar-refractivity contribution in [2.24, 2.45) is 0 Å². The zero-order valence-electron chi connectivity index (χ0n) is 10.9. The highest BCUT2D eigenvalue weighted by Gasteiger charge is 2.21. The zero-order valence-corrected chi connectivity index (χ0v) is 14.1. The smallest absolute Gasteiger partial charge is 0.107 e. The van der Waals surface area contributed by atoms with Crippen molar-refractivity contribution in [2.45, 2.75) is 31.4 Å². The first-order valence-electron chi connectivity index (χ1n) is 6.59. The van der Waals surface area contributed by atoms with Crippen LogP contribution in [0.25, 0.3) is 11.3 Å². The molecular weight excluding hydrogens is 338 g/mol. The van der Waals surface area contributed by atoms with Crippen LogP contribution in [-0.4, -0.2) is 10.7 Å². The number of rotatable bonds is 2. The van der Waals surface area contributed by atoms with Gasteiger partial charge >= 0.3 is 0 Å². The lowest BCUT2D eigenvalue weighted by atomic mass is 10.1. The van der Waals surface area contributed by atoms with Crippen LogP contribution in [0.5, 0.6) is 0 Å². The van der Waals surface area contributed by atoms with E-state index in [1.54, 1.807) is 0 Å². The van der Waals surface area contributed by atoms with Crippen LogP contribution >= 0.6 is 39.0 Å². The van der Waals surface area contributed by atoms with Crippen molar-refractivity contribution in [3.05, 3.63) is 38.6 Å². The van der Waals surface area contributed by atoms with Crippen molar-refractivity contribution in [3.8, 4) is 11.3 Å². The second kappa shape index (κ2) is 5.98. The van der Waals surface area contributed by atoms with E-state index in [1.807, 2.05) is 11.3 Å². The lowest BCUT2D eigenvalue weighted by molar-refractivity contribution is 0.684. The van der Waals surface area contributed by atoms with Crippen molar-refractivity contribution in [2.75, 3.05) is 5.75 Å². The van der Waals surface area contributed by atoms with E-state index in [9.17, 15) is 0 Å². The van der Waals surface area contributed by atoms with E-state index in [1.165, 1.54) is 46.2 Å². The monoisotopic (exact) mass is 353 g/mol. The van der Waals surface area contributed by atoms with E-state index in [0.717, 1.165) is 4.47 Å². The lowest BCUT2D eigenvalue weighted by Gasteiger charge is -2.18. The van der Waals surface area contributed by atoms with Crippen LogP contribution < -0.4 is 0 Å². The van der Waals surface area contributed by atoms with Gasteiger partial charge in [-0.15, -0.1) is 11.3 Å². The summed E-state index contributed by atoms with van der Waals surface area (Å²) in [4.78, 5) is 6.25. The Balaban J connectivity index is 1.90. The Kier molecular flexibility index (Phi) is 4.30. The number of aromatic nitrogens is 1. The second-order valence-electron chi connectivity index (χ2n) is 4.82. The Labute approximate surface area is 131 Å². The van der Waals surface area contributed by atoms with E-state index < -0.39 is 0 Å². The average molecular weight is 354 g/mol. The van der Waals surface area contributed by atoms with Crippen LogP contribution in [0.4, 0.5) is 0 Å². The predicted octanol–water partition coefficient (Wildman–Crippen LogP) is 5.84. The van der Waals surface area contributed by atoms with Crippen LogP contribution in [0.2, 0.25) is 0 Å². The standard InChI is InChI=1S/C15H16BrNS2/c1-10-14(11-5-7-12(16)8-6-11)17-15(19-10)13-4-2-3-9-18-13/h5-8,13H,2-4,9H2,1H3. The fraction of sp³-hybridized carbons (Fsp3) is 0.400. The molecule has 0 bridgehead atoms. The maximum atomic E-state index is 4.92. The number of benzene rings is 1. The second-order valence-corrected chi connectivity index (χ2v) is 8.28. The molecule has 1 fully saturated rings. The molecule has 4 heteroatoms. The minimum absolute atomic E-state index is 0.627. The van der Waals surface area contributed by atoms with E-state index >= 15 is 0 Å². The third-order valence-corrected chi connectivity index (χ3v) is 6.53. The maximum absolute atomic E-state index is 4.92. The van der Waals surface area contributed by atoms with Crippen molar-refractivity contribution in [1.29, 1.82) is 0 Å². The summed E-state index contributed by atoms with van der Waals surface area (Å²) >= 11 is 7.44. The quantitative estimate of drug-likeness (QED) is 0.672. The number of nitrogens with zero attached hydrogens (tertiary/aromatic N) is 1. The first-order valence-corrected chi connectivity index (χ1v) is 9.25. The molecule has 2 heterocycles. The summed E-state index contributed by atoms with van der Waals surface area (Å²) in [5.41, 5.74) is 2.39. The number of thioether (sulfide) groups is 1. The molecule has 0 N–H and O–H groups in total. The van der Waals surface area contributed by atoms with Crippen LogP contribution in [0.1, 0.15) is 34.4 Å². The first-order chi connectivity index (χ1) is 9.24. The summed E-state index contributed by atoms with van der Waals surface area (Å²) in [5, 5.41) is 1.95. The van der Waals surface area contributed by atoms with Gasteiger partial charge in [-0.2, -0.15) is 11.8 Å². The molecule has 1 aromatic carbocycles. The number of thiazole rings is 1. The third-order valence-electron chi connectivity index (χ3n) is 3.39. The molecule has 0 saturated carbocycles.